The van der Waals surface area contributed by atoms with Crippen LogP contribution >= 0.6 is 0 Å². The number of amides is 1. The number of hydrogen-bond donors (Lipinski definition) is 1. The lowest BCUT2D eigenvalue weighted by molar-refractivity contribution is -0.0973. The van der Waals surface area contributed by atoms with Gasteiger partial charge in [-0.05, 0) is 36.8 Å². The van der Waals surface area contributed by atoms with Gasteiger partial charge in [0.1, 0.15) is 6.61 Å². The third-order valence-electron chi connectivity index (χ3n) is 4.83. The van der Waals surface area contributed by atoms with Crippen molar-refractivity contribution < 1.29 is 28.2 Å². The summed E-state index contributed by atoms with van der Waals surface area (Å²) in [4.78, 5) is 30.2. The minimum atomic E-state index is -3.15. The predicted molar refractivity (Wildman–Crippen MR) is 95.4 cm³/mol. The van der Waals surface area contributed by atoms with Crippen molar-refractivity contribution in [3.63, 3.8) is 0 Å². The number of likely N-dealkylation sites (tertiary alicyclic amines) is 1. The van der Waals surface area contributed by atoms with Gasteiger partial charge in [0.25, 0.3) is 5.91 Å². The van der Waals surface area contributed by atoms with Crippen LogP contribution in [0, 0.1) is 0 Å². The van der Waals surface area contributed by atoms with Crippen molar-refractivity contribution in [1.29, 1.82) is 0 Å². The molecule has 9 heteroatoms. The molecule has 2 aliphatic rings. The molecule has 2 aromatic rings. The van der Waals surface area contributed by atoms with Gasteiger partial charge in [-0.2, -0.15) is 8.78 Å². The third-order valence-corrected chi connectivity index (χ3v) is 4.83. The van der Waals surface area contributed by atoms with E-state index in [1.165, 1.54) is 24.4 Å². The maximum Gasteiger partial charge on any atom is 0.335 e. The van der Waals surface area contributed by atoms with E-state index >= 15 is 0 Å². The Morgan fingerprint density at radius 3 is 2.54 bits per heavy atom. The first-order chi connectivity index (χ1) is 13.4. The highest BCUT2D eigenvalue weighted by atomic mass is 19.3. The van der Waals surface area contributed by atoms with Crippen LogP contribution in [-0.4, -0.2) is 52.6 Å². The predicted octanol–water partition coefficient (Wildman–Crippen LogP) is 3.14. The van der Waals surface area contributed by atoms with Crippen molar-refractivity contribution in [2.24, 2.45) is 0 Å². The van der Waals surface area contributed by atoms with E-state index in [-0.39, 0.29) is 30.5 Å². The Kier molecular flexibility index (Phi) is 4.37. The number of ether oxygens (including phenoxy) is 1. The van der Waals surface area contributed by atoms with Crippen molar-refractivity contribution in [1.82, 2.24) is 9.88 Å². The van der Waals surface area contributed by atoms with E-state index in [1.54, 1.807) is 12.1 Å². The van der Waals surface area contributed by atoms with Crippen LogP contribution in [0.3, 0.4) is 0 Å². The lowest BCUT2D eigenvalue weighted by atomic mass is 10.1. The van der Waals surface area contributed by atoms with Gasteiger partial charge in [0.15, 0.2) is 11.6 Å². The number of carboxylic acid groups (broad SMARTS) is 1. The zero-order valence-electron chi connectivity index (χ0n) is 14.8. The summed E-state index contributed by atoms with van der Waals surface area (Å²) in [6.45, 7) is 0.794. The third kappa shape index (κ3) is 3.12. The van der Waals surface area contributed by atoms with Crippen LogP contribution in [0.5, 0.6) is 5.75 Å². The average molecular weight is 389 g/mol. The topological polar surface area (TPSA) is 83.0 Å². The van der Waals surface area contributed by atoms with Crippen LogP contribution in [0.2, 0.25) is 0 Å². The number of pyridine rings is 1. The largest absolute Gasteiger partial charge is 0.488 e. The first-order valence-corrected chi connectivity index (χ1v) is 8.80. The molecule has 1 aromatic heterocycles. The molecule has 1 fully saturated rings. The van der Waals surface area contributed by atoms with Gasteiger partial charge in [0.2, 0.25) is 0 Å². The molecule has 0 radical (unpaired) electrons. The highest BCUT2D eigenvalue weighted by Crippen LogP contribution is 2.37. The number of hydrogen-bond acceptors (Lipinski definition) is 5. The normalized spacial score (nSPS) is 17.8. The first-order valence-electron chi connectivity index (χ1n) is 8.80. The van der Waals surface area contributed by atoms with Crippen molar-refractivity contribution in [2.45, 2.75) is 18.9 Å². The van der Waals surface area contributed by atoms with Gasteiger partial charge < -0.3 is 14.7 Å². The maximum atomic E-state index is 13.9. The Morgan fingerprint density at radius 1 is 1.14 bits per heavy atom. The second-order valence-corrected chi connectivity index (χ2v) is 6.62. The summed E-state index contributed by atoms with van der Waals surface area (Å²) in [5, 5.41) is 9.02. The van der Waals surface area contributed by atoms with Crippen molar-refractivity contribution >= 4 is 23.4 Å². The Morgan fingerprint density at radius 2 is 1.89 bits per heavy atom. The molecule has 0 unspecified atom stereocenters. The van der Waals surface area contributed by atoms with Gasteiger partial charge >= 0.3 is 12.0 Å². The van der Waals surface area contributed by atoms with E-state index in [9.17, 15) is 18.4 Å². The average Bonchev–Trinajstić information content (AvgIpc) is 3.05. The SMILES string of the molecule is O=C(O)c1ccc(N2CCOc3cc(C(=O)N4CCCC4(F)F)cnc32)cc1. The second kappa shape index (κ2) is 6.74. The highest BCUT2D eigenvalue weighted by molar-refractivity contribution is 5.95. The van der Waals surface area contributed by atoms with Gasteiger partial charge in [0.05, 0.1) is 17.7 Å². The number of nitrogens with zero attached hydrogens (tertiary/aromatic N) is 3. The molecule has 0 saturated carbocycles. The molecule has 3 heterocycles. The summed E-state index contributed by atoms with van der Waals surface area (Å²) in [6.07, 6.45) is 1.18. The molecule has 1 aromatic carbocycles. The highest BCUT2D eigenvalue weighted by Gasteiger charge is 2.45. The fourth-order valence-corrected chi connectivity index (χ4v) is 3.41. The number of rotatable bonds is 3. The number of anilines is 2. The van der Waals surface area contributed by atoms with Crippen LogP contribution in [0.1, 0.15) is 33.6 Å². The van der Waals surface area contributed by atoms with Gasteiger partial charge in [-0.25, -0.2) is 9.78 Å². The van der Waals surface area contributed by atoms with Gasteiger partial charge in [-0.1, -0.05) is 0 Å². The van der Waals surface area contributed by atoms with Crippen LogP contribution in [0.4, 0.5) is 20.3 Å². The number of aromatic nitrogens is 1. The number of aromatic carboxylic acids is 1. The van der Waals surface area contributed by atoms with E-state index in [4.69, 9.17) is 9.84 Å². The molecule has 2 aliphatic heterocycles. The Labute approximate surface area is 159 Å². The molecule has 4 rings (SSSR count). The molecule has 146 valence electrons. The van der Waals surface area contributed by atoms with E-state index in [0.29, 0.717) is 35.3 Å². The molecule has 1 saturated heterocycles. The summed E-state index contributed by atoms with van der Waals surface area (Å²) >= 11 is 0. The fourth-order valence-electron chi connectivity index (χ4n) is 3.41. The summed E-state index contributed by atoms with van der Waals surface area (Å²) < 4.78 is 33.3. The Hall–Kier alpha value is -3.23. The van der Waals surface area contributed by atoms with Crippen molar-refractivity contribution in [3.05, 3.63) is 47.7 Å². The molecule has 1 amide bonds. The molecule has 7 nitrogen and oxygen atoms in total. The lowest BCUT2D eigenvalue weighted by Crippen LogP contribution is -2.40. The number of carboxylic acids is 1. The fraction of sp³-hybridized carbons (Fsp3) is 0.316. The Balaban J connectivity index is 1.62. The van der Waals surface area contributed by atoms with E-state index in [1.807, 2.05) is 4.90 Å². The summed E-state index contributed by atoms with van der Waals surface area (Å²) in [5.41, 5.74) is 0.924. The second-order valence-electron chi connectivity index (χ2n) is 6.62. The minimum absolute atomic E-state index is 0.00578. The lowest BCUT2D eigenvalue weighted by Gasteiger charge is -2.30. The van der Waals surface area contributed by atoms with E-state index in [0.717, 1.165) is 0 Å². The van der Waals surface area contributed by atoms with Gasteiger partial charge in [-0.15, -0.1) is 0 Å². The smallest absolute Gasteiger partial charge is 0.335 e. The Bertz CT molecular complexity index is 933. The van der Waals surface area contributed by atoms with Gasteiger partial charge in [-0.3, -0.25) is 9.69 Å². The van der Waals surface area contributed by atoms with Crippen LogP contribution in [0.25, 0.3) is 0 Å². The number of carbonyl (C=O) groups is 2. The zero-order valence-corrected chi connectivity index (χ0v) is 14.8. The molecule has 0 bridgehead atoms. The monoisotopic (exact) mass is 389 g/mol. The molecule has 0 aliphatic carbocycles. The number of benzene rings is 1. The zero-order chi connectivity index (χ0) is 19.9. The number of alkyl halides is 2. The first kappa shape index (κ1) is 18.1. The molecular weight excluding hydrogens is 372 g/mol. The summed E-state index contributed by atoms with van der Waals surface area (Å²) in [6, 6.07) is 4.57. The summed E-state index contributed by atoms with van der Waals surface area (Å²) in [5.74, 6) is -1.03. The van der Waals surface area contributed by atoms with Crippen molar-refractivity contribution in [2.75, 3.05) is 24.6 Å². The van der Waals surface area contributed by atoms with Crippen LogP contribution in [0.15, 0.2) is 36.5 Å². The quantitative estimate of drug-likeness (QED) is 0.812. The van der Waals surface area contributed by atoms with E-state index in [2.05, 4.69) is 4.98 Å². The maximum absolute atomic E-state index is 13.9. The molecular formula is C19H17F2N3O4. The summed E-state index contributed by atoms with van der Waals surface area (Å²) in [7, 11) is 0. The molecule has 0 spiro atoms. The molecule has 0 atom stereocenters. The van der Waals surface area contributed by atoms with Gasteiger partial charge in [0, 0.05) is 24.8 Å². The standard InChI is InChI=1S/C19H17F2N3O4/c20-19(21)6-1-7-24(19)17(25)13-10-15-16(22-11-13)23(8-9-28-15)14-4-2-12(3-5-14)18(26)27/h2-5,10-11H,1,6-9H2,(H,26,27). The van der Waals surface area contributed by atoms with Crippen LogP contribution < -0.4 is 9.64 Å². The number of halogens is 2. The molecule has 1 N–H and O–H groups in total. The van der Waals surface area contributed by atoms with Crippen molar-refractivity contribution in [3.8, 4) is 5.75 Å². The molecule has 28 heavy (non-hydrogen) atoms. The number of carbonyl (C=O) groups excluding carboxylic acids is 1. The minimum Gasteiger partial charge on any atom is -0.488 e. The van der Waals surface area contributed by atoms with E-state index < -0.39 is 17.9 Å². The van der Waals surface area contributed by atoms with Crippen LogP contribution in [-0.2, 0) is 0 Å². The number of fused-ring (bicyclic) bond motifs is 1.